The van der Waals surface area contributed by atoms with E-state index in [0.29, 0.717) is 0 Å². The molecule has 3 N–H and O–H groups in total. The third kappa shape index (κ3) is 4.06. The van der Waals surface area contributed by atoms with Crippen molar-refractivity contribution >= 4 is 34.2 Å². The minimum Gasteiger partial charge on any atom is -0.338 e. The van der Waals surface area contributed by atoms with Gasteiger partial charge in [-0.25, -0.2) is 4.98 Å². The Balaban J connectivity index is 1.51. The number of aromatic amines is 1. The monoisotopic (exact) mass is 376 g/mol. The fraction of sp³-hybridized carbons (Fsp3) is 0.318. The van der Waals surface area contributed by atoms with E-state index in [0.717, 1.165) is 59.5 Å². The lowest BCUT2D eigenvalue weighted by molar-refractivity contribution is -0.120. The number of benzene rings is 2. The van der Waals surface area contributed by atoms with Crippen molar-refractivity contribution < 1.29 is 9.59 Å². The number of anilines is 2. The van der Waals surface area contributed by atoms with E-state index in [1.54, 1.807) is 0 Å². The number of nitrogens with one attached hydrogen (secondary N) is 3. The molecule has 1 aromatic heterocycles. The molecule has 6 nitrogen and oxygen atoms in total. The zero-order chi connectivity index (χ0) is 19.5. The van der Waals surface area contributed by atoms with Crippen LogP contribution >= 0.6 is 0 Å². The maximum atomic E-state index is 12.5. The van der Waals surface area contributed by atoms with Gasteiger partial charge in [-0.2, -0.15) is 0 Å². The summed E-state index contributed by atoms with van der Waals surface area (Å²) in [6.07, 6.45) is 5.48. The molecule has 28 heavy (non-hydrogen) atoms. The van der Waals surface area contributed by atoms with Crippen LogP contribution in [0.15, 0.2) is 42.5 Å². The van der Waals surface area contributed by atoms with Gasteiger partial charge in [0, 0.05) is 29.8 Å². The lowest BCUT2D eigenvalue weighted by Crippen LogP contribution is -2.24. The van der Waals surface area contributed by atoms with Gasteiger partial charge in [0.15, 0.2) is 0 Å². The highest BCUT2D eigenvalue weighted by atomic mass is 16.2. The van der Waals surface area contributed by atoms with Crippen LogP contribution in [-0.2, 0) is 9.59 Å². The number of rotatable bonds is 4. The van der Waals surface area contributed by atoms with Gasteiger partial charge in [-0.15, -0.1) is 0 Å². The third-order valence-electron chi connectivity index (χ3n) is 5.20. The molecule has 1 fully saturated rings. The van der Waals surface area contributed by atoms with Crippen LogP contribution < -0.4 is 10.6 Å². The van der Waals surface area contributed by atoms with Gasteiger partial charge in [-0.3, -0.25) is 9.59 Å². The molecule has 1 aliphatic rings. The minimum atomic E-state index is -0.0979. The number of aromatic nitrogens is 2. The first kappa shape index (κ1) is 18.2. The maximum Gasteiger partial charge on any atom is 0.227 e. The molecule has 0 saturated heterocycles. The molecule has 1 heterocycles. The van der Waals surface area contributed by atoms with Gasteiger partial charge in [0.1, 0.15) is 5.82 Å². The van der Waals surface area contributed by atoms with E-state index < -0.39 is 0 Å². The summed E-state index contributed by atoms with van der Waals surface area (Å²) in [4.78, 5) is 31.6. The highest BCUT2D eigenvalue weighted by Crippen LogP contribution is 2.27. The number of amides is 2. The average Bonchev–Trinajstić information content (AvgIpc) is 3.12. The van der Waals surface area contributed by atoms with Crippen LogP contribution in [0.4, 0.5) is 11.4 Å². The van der Waals surface area contributed by atoms with Gasteiger partial charge in [0.25, 0.3) is 0 Å². The van der Waals surface area contributed by atoms with E-state index in [1.165, 1.54) is 13.3 Å². The number of hydrogen-bond donors (Lipinski definition) is 3. The molecule has 1 saturated carbocycles. The molecular formula is C22H24N4O2. The maximum absolute atomic E-state index is 12.5. The Morgan fingerprint density at radius 1 is 0.964 bits per heavy atom. The van der Waals surface area contributed by atoms with Crippen LogP contribution in [0, 0.1) is 5.92 Å². The van der Waals surface area contributed by atoms with E-state index >= 15 is 0 Å². The van der Waals surface area contributed by atoms with Crippen molar-refractivity contribution in [2.45, 2.75) is 39.0 Å². The van der Waals surface area contributed by atoms with Gasteiger partial charge >= 0.3 is 0 Å². The highest BCUT2D eigenvalue weighted by Gasteiger charge is 2.21. The van der Waals surface area contributed by atoms with Crippen LogP contribution in [0.2, 0.25) is 0 Å². The highest BCUT2D eigenvalue weighted by molar-refractivity contribution is 5.95. The third-order valence-corrected chi connectivity index (χ3v) is 5.20. The topological polar surface area (TPSA) is 86.9 Å². The number of nitrogens with zero attached hydrogens (tertiary/aromatic N) is 1. The van der Waals surface area contributed by atoms with Gasteiger partial charge < -0.3 is 15.6 Å². The minimum absolute atomic E-state index is 0.0979. The van der Waals surface area contributed by atoms with Crippen molar-refractivity contribution in [2.75, 3.05) is 10.6 Å². The summed E-state index contributed by atoms with van der Waals surface area (Å²) in [5.41, 5.74) is 4.19. The van der Waals surface area contributed by atoms with Gasteiger partial charge in [0.2, 0.25) is 11.8 Å². The van der Waals surface area contributed by atoms with Crippen molar-refractivity contribution in [2.24, 2.45) is 5.92 Å². The van der Waals surface area contributed by atoms with Gasteiger partial charge in [-0.1, -0.05) is 19.3 Å². The molecular weight excluding hydrogens is 352 g/mol. The predicted octanol–water partition coefficient (Wildman–Crippen LogP) is 4.71. The first-order valence-electron chi connectivity index (χ1n) is 9.77. The number of H-pyrrole nitrogens is 1. The normalized spacial score (nSPS) is 14.8. The molecule has 3 aromatic rings. The van der Waals surface area contributed by atoms with E-state index in [2.05, 4.69) is 20.6 Å². The number of carbonyl (C=O) groups excluding carboxylic acids is 2. The van der Waals surface area contributed by atoms with Crippen molar-refractivity contribution in [3.8, 4) is 11.4 Å². The Morgan fingerprint density at radius 3 is 2.39 bits per heavy atom. The van der Waals surface area contributed by atoms with Crippen LogP contribution in [0.1, 0.15) is 39.0 Å². The van der Waals surface area contributed by atoms with E-state index in [1.807, 2.05) is 42.5 Å². The summed E-state index contributed by atoms with van der Waals surface area (Å²) in [5.74, 6) is 0.899. The summed E-state index contributed by atoms with van der Waals surface area (Å²) in [6.45, 7) is 1.48. The van der Waals surface area contributed by atoms with E-state index in [4.69, 9.17) is 0 Å². The van der Waals surface area contributed by atoms with Crippen molar-refractivity contribution in [3.05, 3.63) is 42.5 Å². The summed E-state index contributed by atoms with van der Waals surface area (Å²) >= 11 is 0. The SMILES string of the molecule is CC(=O)Nc1ccc(-c2nc3ccc(NC(=O)C4CCCCC4)cc3[nH]2)cc1. The fourth-order valence-corrected chi connectivity index (χ4v) is 3.75. The smallest absolute Gasteiger partial charge is 0.227 e. The van der Waals surface area contributed by atoms with E-state index in [9.17, 15) is 9.59 Å². The number of imidazole rings is 1. The van der Waals surface area contributed by atoms with Crippen LogP contribution in [-0.4, -0.2) is 21.8 Å². The quantitative estimate of drug-likeness (QED) is 0.616. The molecule has 4 rings (SSSR count). The Bertz CT molecular complexity index is 1000. The first-order chi connectivity index (χ1) is 13.6. The Morgan fingerprint density at radius 2 is 1.68 bits per heavy atom. The standard InChI is InChI=1S/C22H24N4O2/c1-14(27)23-17-9-7-15(8-10-17)21-25-19-12-11-18(13-20(19)26-21)24-22(28)16-5-3-2-4-6-16/h7-13,16H,2-6H2,1H3,(H,23,27)(H,24,28)(H,25,26). The lowest BCUT2D eigenvalue weighted by atomic mass is 9.88. The Labute approximate surface area is 163 Å². The zero-order valence-electron chi connectivity index (χ0n) is 15.9. The lowest BCUT2D eigenvalue weighted by Gasteiger charge is -2.20. The Hall–Kier alpha value is -3.15. The molecule has 0 bridgehead atoms. The predicted molar refractivity (Wildman–Crippen MR) is 111 cm³/mol. The van der Waals surface area contributed by atoms with Crippen LogP contribution in [0.3, 0.4) is 0 Å². The molecule has 0 atom stereocenters. The molecule has 144 valence electrons. The molecule has 1 aliphatic carbocycles. The summed E-state index contributed by atoms with van der Waals surface area (Å²) in [7, 11) is 0. The second kappa shape index (κ2) is 7.84. The number of hydrogen-bond acceptors (Lipinski definition) is 3. The summed E-state index contributed by atoms with van der Waals surface area (Å²) in [6, 6.07) is 13.3. The molecule has 6 heteroatoms. The molecule has 2 amide bonds. The number of carbonyl (C=O) groups is 2. The van der Waals surface area contributed by atoms with Gasteiger partial charge in [-0.05, 0) is 55.3 Å². The molecule has 2 aromatic carbocycles. The molecule has 0 radical (unpaired) electrons. The second-order valence-corrected chi connectivity index (χ2v) is 7.40. The summed E-state index contributed by atoms with van der Waals surface area (Å²) in [5, 5.41) is 5.80. The summed E-state index contributed by atoms with van der Waals surface area (Å²) < 4.78 is 0. The second-order valence-electron chi connectivity index (χ2n) is 7.40. The van der Waals surface area contributed by atoms with E-state index in [-0.39, 0.29) is 17.7 Å². The largest absolute Gasteiger partial charge is 0.338 e. The van der Waals surface area contributed by atoms with Crippen molar-refractivity contribution in [1.82, 2.24) is 9.97 Å². The number of fused-ring (bicyclic) bond motifs is 1. The average molecular weight is 376 g/mol. The molecule has 0 spiro atoms. The zero-order valence-corrected chi connectivity index (χ0v) is 15.9. The van der Waals surface area contributed by atoms with Crippen molar-refractivity contribution in [1.29, 1.82) is 0 Å². The van der Waals surface area contributed by atoms with Crippen molar-refractivity contribution in [3.63, 3.8) is 0 Å². The Kier molecular flexibility index (Phi) is 5.10. The first-order valence-corrected chi connectivity index (χ1v) is 9.77. The van der Waals surface area contributed by atoms with Gasteiger partial charge in [0.05, 0.1) is 11.0 Å². The van der Waals surface area contributed by atoms with Crippen LogP contribution in [0.5, 0.6) is 0 Å². The van der Waals surface area contributed by atoms with Crippen LogP contribution in [0.25, 0.3) is 22.4 Å². The molecule has 0 unspecified atom stereocenters. The fourth-order valence-electron chi connectivity index (χ4n) is 3.75. The molecule has 0 aliphatic heterocycles.